The van der Waals surface area contributed by atoms with Crippen LogP contribution in [0.25, 0.3) is 11.3 Å². The lowest BCUT2D eigenvalue weighted by molar-refractivity contribution is -0.143. The van der Waals surface area contributed by atoms with Crippen molar-refractivity contribution in [1.82, 2.24) is 24.4 Å². The molecule has 3 rings (SSSR count). The molecule has 6 nitrogen and oxygen atoms in total. The first-order valence-electron chi connectivity index (χ1n) is 5.84. The van der Waals surface area contributed by atoms with Gasteiger partial charge in [0.15, 0.2) is 17.3 Å². The minimum Gasteiger partial charge on any atom is -0.294 e. The normalized spacial score (nSPS) is 12.0. The summed E-state index contributed by atoms with van der Waals surface area (Å²) in [6.45, 7) is 1.06. The molecule has 0 saturated carbocycles. The Morgan fingerprint density at radius 1 is 1.24 bits per heavy atom. The molecule has 0 radical (unpaired) electrons. The fraction of sp³-hybridized carbons (Fsp3) is 0.167. The molecule has 3 heterocycles. The summed E-state index contributed by atoms with van der Waals surface area (Å²) in [7, 11) is 0. The van der Waals surface area contributed by atoms with Crippen LogP contribution in [0.3, 0.4) is 0 Å². The minimum absolute atomic E-state index is 0.0465. The summed E-state index contributed by atoms with van der Waals surface area (Å²) in [6, 6.07) is 1.51. The van der Waals surface area contributed by atoms with E-state index in [0.29, 0.717) is 10.2 Å². The van der Waals surface area contributed by atoms with E-state index in [-0.39, 0.29) is 5.82 Å². The molecule has 0 atom stereocenters. The van der Waals surface area contributed by atoms with Crippen molar-refractivity contribution in [2.75, 3.05) is 0 Å². The number of halogens is 3. The molecule has 0 spiro atoms. The third-order valence-corrected chi connectivity index (χ3v) is 2.92. The lowest BCUT2D eigenvalue weighted by atomic mass is 10.2. The Bertz CT molecular complexity index is 833. The van der Waals surface area contributed by atoms with Gasteiger partial charge in [0.2, 0.25) is 0 Å². The predicted octanol–water partition coefficient (Wildman–Crippen LogP) is 2.14. The van der Waals surface area contributed by atoms with Crippen LogP contribution in [0.4, 0.5) is 13.2 Å². The van der Waals surface area contributed by atoms with Gasteiger partial charge in [-0.05, 0) is 13.0 Å². The maximum absolute atomic E-state index is 13.3. The van der Waals surface area contributed by atoms with Crippen molar-refractivity contribution in [2.45, 2.75) is 13.1 Å². The van der Waals surface area contributed by atoms with E-state index in [2.05, 4.69) is 15.2 Å². The molecule has 0 fully saturated rings. The number of carbonyl (C=O) groups is 1. The first-order chi connectivity index (χ1) is 9.89. The molecule has 0 aliphatic rings. The van der Waals surface area contributed by atoms with Crippen LogP contribution in [0.5, 0.6) is 0 Å². The Balaban J connectivity index is 2.33. The number of fused-ring (bicyclic) bond motifs is 1. The maximum Gasteiger partial charge on any atom is 0.434 e. The first kappa shape index (κ1) is 13.3. The SMILES string of the molecule is CC(=O)c1cnn(-c2nccn3nccc23)c1C(F)(F)F. The molecule has 21 heavy (non-hydrogen) atoms. The summed E-state index contributed by atoms with van der Waals surface area (Å²) in [5.74, 6) is -0.760. The van der Waals surface area contributed by atoms with Gasteiger partial charge in [0, 0.05) is 12.4 Å². The van der Waals surface area contributed by atoms with Crippen molar-refractivity contribution < 1.29 is 18.0 Å². The summed E-state index contributed by atoms with van der Waals surface area (Å²) >= 11 is 0. The molecule has 0 aliphatic heterocycles. The van der Waals surface area contributed by atoms with Crippen molar-refractivity contribution in [3.8, 4) is 5.82 Å². The molecule has 3 aromatic heterocycles. The second-order valence-electron chi connectivity index (χ2n) is 4.28. The highest BCUT2D eigenvalue weighted by atomic mass is 19.4. The highest BCUT2D eigenvalue weighted by Gasteiger charge is 2.40. The highest BCUT2D eigenvalue weighted by molar-refractivity contribution is 5.95. The van der Waals surface area contributed by atoms with E-state index in [9.17, 15) is 18.0 Å². The fourth-order valence-electron chi connectivity index (χ4n) is 2.05. The van der Waals surface area contributed by atoms with Gasteiger partial charge in [-0.25, -0.2) is 14.2 Å². The van der Waals surface area contributed by atoms with Gasteiger partial charge in [-0.2, -0.15) is 23.4 Å². The Hall–Kier alpha value is -2.71. The fourth-order valence-corrected chi connectivity index (χ4v) is 2.05. The maximum atomic E-state index is 13.3. The van der Waals surface area contributed by atoms with E-state index in [4.69, 9.17) is 0 Å². The molecule has 0 N–H and O–H groups in total. The van der Waals surface area contributed by atoms with Gasteiger partial charge >= 0.3 is 6.18 Å². The third-order valence-electron chi connectivity index (χ3n) is 2.92. The average molecular weight is 295 g/mol. The summed E-state index contributed by atoms with van der Waals surface area (Å²) < 4.78 is 41.7. The lowest BCUT2D eigenvalue weighted by Gasteiger charge is -2.11. The largest absolute Gasteiger partial charge is 0.434 e. The number of aromatic nitrogens is 5. The number of carbonyl (C=O) groups excluding carboxylic acids is 1. The number of nitrogens with zero attached hydrogens (tertiary/aromatic N) is 5. The van der Waals surface area contributed by atoms with Gasteiger partial charge in [-0.15, -0.1) is 0 Å². The van der Waals surface area contributed by atoms with Crippen molar-refractivity contribution in [1.29, 1.82) is 0 Å². The monoisotopic (exact) mass is 295 g/mol. The standard InChI is InChI=1S/C12H8F3N5O/c1-7(21)8-6-18-20(10(8)12(13,14)15)11-9-2-3-17-19(9)5-4-16-11/h2-6H,1H3. The zero-order valence-corrected chi connectivity index (χ0v) is 10.7. The molecular formula is C12H8F3N5O. The zero-order chi connectivity index (χ0) is 15.2. The molecule has 0 aliphatic carbocycles. The number of rotatable bonds is 2. The lowest BCUT2D eigenvalue weighted by Crippen LogP contribution is -2.18. The molecule has 0 unspecified atom stereocenters. The molecule has 0 saturated heterocycles. The Labute approximate surface area is 115 Å². The smallest absolute Gasteiger partial charge is 0.294 e. The summed E-state index contributed by atoms with van der Waals surface area (Å²) in [6.07, 6.45) is 0.411. The van der Waals surface area contributed by atoms with E-state index in [1.165, 1.54) is 29.2 Å². The Morgan fingerprint density at radius 3 is 2.67 bits per heavy atom. The van der Waals surface area contributed by atoms with Crippen molar-refractivity contribution in [3.63, 3.8) is 0 Å². The molecule has 9 heteroatoms. The van der Waals surface area contributed by atoms with Crippen molar-refractivity contribution >= 4 is 11.3 Å². The second-order valence-corrected chi connectivity index (χ2v) is 4.28. The quantitative estimate of drug-likeness (QED) is 0.679. The van der Waals surface area contributed by atoms with Gasteiger partial charge in [-0.1, -0.05) is 0 Å². The average Bonchev–Trinajstić information content (AvgIpc) is 3.04. The van der Waals surface area contributed by atoms with Crippen LogP contribution in [0, 0.1) is 0 Å². The van der Waals surface area contributed by atoms with E-state index < -0.39 is 23.2 Å². The molecular weight excluding hydrogens is 287 g/mol. The molecule has 0 bridgehead atoms. The predicted molar refractivity (Wildman–Crippen MR) is 65.1 cm³/mol. The van der Waals surface area contributed by atoms with Crippen LogP contribution >= 0.6 is 0 Å². The number of ketones is 1. The Morgan fingerprint density at radius 2 is 2.00 bits per heavy atom. The minimum atomic E-state index is -4.73. The van der Waals surface area contributed by atoms with E-state index in [0.717, 1.165) is 13.1 Å². The Kier molecular flexibility index (Phi) is 2.78. The van der Waals surface area contributed by atoms with Crippen LogP contribution < -0.4 is 0 Å². The highest BCUT2D eigenvalue weighted by Crippen LogP contribution is 2.34. The summed E-state index contributed by atoms with van der Waals surface area (Å²) in [5.41, 5.74) is -1.29. The number of hydrogen-bond donors (Lipinski definition) is 0. The van der Waals surface area contributed by atoms with E-state index in [1.807, 2.05) is 0 Å². The molecule has 3 aromatic rings. The third kappa shape index (κ3) is 2.06. The van der Waals surface area contributed by atoms with Gasteiger partial charge < -0.3 is 0 Å². The second kappa shape index (κ2) is 4.40. The van der Waals surface area contributed by atoms with E-state index >= 15 is 0 Å². The van der Waals surface area contributed by atoms with Crippen molar-refractivity contribution in [2.24, 2.45) is 0 Å². The van der Waals surface area contributed by atoms with Gasteiger partial charge in [-0.3, -0.25) is 4.79 Å². The summed E-state index contributed by atoms with van der Waals surface area (Å²) in [4.78, 5) is 15.3. The first-order valence-corrected chi connectivity index (χ1v) is 5.84. The number of hydrogen-bond acceptors (Lipinski definition) is 4. The topological polar surface area (TPSA) is 65.1 Å². The van der Waals surface area contributed by atoms with Crippen LogP contribution in [0.15, 0.2) is 30.9 Å². The van der Waals surface area contributed by atoms with Crippen LogP contribution in [0.1, 0.15) is 23.0 Å². The summed E-state index contributed by atoms with van der Waals surface area (Å²) in [5, 5.41) is 7.60. The molecule has 0 aromatic carbocycles. The molecule has 108 valence electrons. The number of Topliss-reactive ketones (excluding diaryl/α,β-unsaturated/α-hetero) is 1. The van der Waals surface area contributed by atoms with Gasteiger partial charge in [0.1, 0.15) is 5.52 Å². The molecule has 0 amide bonds. The zero-order valence-electron chi connectivity index (χ0n) is 10.7. The van der Waals surface area contributed by atoms with Gasteiger partial charge in [0.25, 0.3) is 0 Å². The van der Waals surface area contributed by atoms with E-state index in [1.54, 1.807) is 0 Å². The van der Waals surface area contributed by atoms with Crippen LogP contribution in [-0.2, 0) is 6.18 Å². The van der Waals surface area contributed by atoms with Gasteiger partial charge in [0.05, 0.1) is 18.0 Å². The van der Waals surface area contributed by atoms with Crippen LogP contribution in [0.2, 0.25) is 0 Å². The van der Waals surface area contributed by atoms with Crippen LogP contribution in [-0.4, -0.2) is 30.2 Å². The van der Waals surface area contributed by atoms with Crippen molar-refractivity contribution in [3.05, 3.63) is 42.1 Å². The number of alkyl halides is 3.